The highest BCUT2D eigenvalue weighted by Gasteiger charge is 2.23. The van der Waals surface area contributed by atoms with Gasteiger partial charge in [-0.3, -0.25) is 10.1 Å². The summed E-state index contributed by atoms with van der Waals surface area (Å²) in [5, 5.41) is 2.58. The molecule has 1 aliphatic heterocycles. The molecule has 3 rings (SSSR count). The maximum atomic E-state index is 12.9. The molecule has 8 nitrogen and oxygen atoms in total. The maximum absolute atomic E-state index is 12.9. The third-order valence-corrected chi connectivity index (χ3v) is 6.62. The number of hydrogen-bond donors (Lipinski definition) is 1. The molecule has 3 amide bonds. The molecule has 1 aliphatic rings. The highest BCUT2D eigenvalue weighted by atomic mass is 16.6. The molecule has 41 heavy (non-hydrogen) atoms. The van der Waals surface area contributed by atoms with Crippen LogP contribution in [0, 0.1) is 5.92 Å². The lowest BCUT2D eigenvalue weighted by Gasteiger charge is -2.32. The summed E-state index contributed by atoms with van der Waals surface area (Å²) in [6.45, 7) is 12.2. The van der Waals surface area contributed by atoms with Crippen molar-refractivity contribution in [1.82, 2.24) is 10.2 Å². The first kappa shape index (κ1) is 31.8. The lowest BCUT2D eigenvalue weighted by Crippen LogP contribution is -2.39. The summed E-state index contributed by atoms with van der Waals surface area (Å²) in [6.07, 6.45) is 3.00. The number of ether oxygens (including phenoxy) is 2. The Morgan fingerprint density at radius 2 is 1.41 bits per heavy atom. The summed E-state index contributed by atoms with van der Waals surface area (Å²) in [6, 6.07) is 18.3. The number of hydrogen-bond acceptors (Lipinski definition) is 5. The standard InChI is InChI=1S/C33H45N3O5/c1-32(2,3)40-30(38)34-28(35-31(39)41-33(4,5)6)23-26-14-12-24(13-15-26)16-17-29(37)36-20-18-27(19-21-36)22-25-10-8-7-9-11-25/h7-15,27H,16-23H2,1-6H3,(H,34,35,38,39). The van der Waals surface area contributed by atoms with Crippen LogP contribution >= 0.6 is 0 Å². The molecule has 8 heteroatoms. The van der Waals surface area contributed by atoms with Crippen LogP contribution in [0.25, 0.3) is 0 Å². The molecule has 1 fully saturated rings. The van der Waals surface area contributed by atoms with E-state index in [2.05, 4.69) is 34.6 Å². The van der Waals surface area contributed by atoms with Gasteiger partial charge in [-0.25, -0.2) is 9.59 Å². The molecule has 1 N–H and O–H groups in total. The Hall–Kier alpha value is -3.68. The molecule has 1 saturated heterocycles. The third-order valence-electron chi connectivity index (χ3n) is 6.62. The molecule has 0 atom stereocenters. The number of nitrogens with one attached hydrogen (secondary N) is 1. The molecule has 0 radical (unpaired) electrons. The lowest BCUT2D eigenvalue weighted by atomic mass is 9.90. The Morgan fingerprint density at radius 3 is 2.00 bits per heavy atom. The van der Waals surface area contributed by atoms with E-state index in [0.717, 1.165) is 43.5 Å². The van der Waals surface area contributed by atoms with Gasteiger partial charge in [-0.2, -0.15) is 4.99 Å². The second kappa shape index (κ2) is 14.3. The Bertz CT molecular complexity index is 1190. The fourth-order valence-corrected chi connectivity index (χ4v) is 4.69. The van der Waals surface area contributed by atoms with Crippen molar-refractivity contribution in [3.63, 3.8) is 0 Å². The molecule has 0 spiro atoms. The number of aryl methyl sites for hydroxylation is 1. The highest BCUT2D eigenvalue weighted by molar-refractivity contribution is 6.01. The van der Waals surface area contributed by atoms with E-state index in [1.807, 2.05) is 35.2 Å². The fourth-order valence-electron chi connectivity index (χ4n) is 4.69. The van der Waals surface area contributed by atoms with Crippen LogP contribution in [0.2, 0.25) is 0 Å². The van der Waals surface area contributed by atoms with Crippen molar-refractivity contribution in [2.45, 2.75) is 91.3 Å². The second-order valence-corrected chi connectivity index (χ2v) is 12.7. The van der Waals surface area contributed by atoms with Crippen LogP contribution in [-0.2, 0) is 33.5 Å². The first-order valence-electron chi connectivity index (χ1n) is 14.5. The SMILES string of the molecule is CC(C)(C)OC(=O)N=C(Cc1ccc(CCC(=O)N2CCC(Cc3ccccc3)CC2)cc1)NC(=O)OC(C)(C)C. The van der Waals surface area contributed by atoms with Crippen molar-refractivity contribution in [1.29, 1.82) is 0 Å². The molecule has 1 heterocycles. The second-order valence-electron chi connectivity index (χ2n) is 12.7. The van der Waals surface area contributed by atoms with Gasteiger partial charge in [0.2, 0.25) is 5.91 Å². The van der Waals surface area contributed by atoms with E-state index in [1.165, 1.54) is 5.56 Å². The molecular weight excluding hydrogens is 518 g/mol. The van der Waals surface area contributed by atoms with Gasteiger partial charge in [0.05, 0.1) is 0 Å². The van der Waals surface area contributed by atoms with E-state index in [0.29, 0.717) is 18.8 Å². The number of benzene rings is 2. The van der Waals surface area contributed by atoms with Crippen LogP contribution in [0.3, 0.4) is 0 Å². The molecule has 0 unspecified atom stereocenters. The molecule has 0 aromatic heterocycles. The number of rotatable bonds is 7. The zero-order chi connectivity index (χ0) is 30.0. The van der Waals surface area contributed by atoms with Gasteiger partial charge in [0, 0.05) is 25.9 Å². The van der Waals surface area contributed by atoms with Gasteiger partial charge in [0.15, 0.2) is 0 Å². The minimum Gasteiger partial charge on any atom is -0.444 e. The summed E-state index contributed by atoms with van der Waals surface area (Å²) in [4.78, 5) is 43.5. The Balaban J connectivity index is 1.52. The molecular formula is C33H45N3O5. The predicted octanol–water partition coefficient (Wildman–Crippen LogP) is 6.50. The van der Waals surface area contributed by atoms with Crippen molar-refractivity contribution in [3.8, 4) is 0 Å². The Kier molecular flexibility index (Phi) is 11.1. The number of amides is 3. The lowest BCUT2D eigenvalue weighted by molar-refractivity contribution is -0.132. The van der Waals surface area contributed by atoms with Crippen molar-refractivity contribution >= 4 is 23.9 Å². The minimum absolute atomic E-state index is 0.132. The molecule has 222 valence electrons. The van der Waals surface area contributed by atoms with Crippen LogP contribution in [0.4, 0.5) is 9.59 Å². The van der Waals surface area contributed by atoms with Crippen LogP contribution in [0.1, 0.15) is 77.5 Å². The van der Waals surface area contributed by atoms with Gasteiger partial charge in [0.1, 0.15) is 17.0 Å². The number of likely N-dealkylation sites (tertiary alicyclic amines) is 1. The average molecular weight is 564 g/mol. The van der Waals surface area contributed by atoms with Crippen LogP contribution in [0.5, 0.6) is 0 Å². The first-order chi connectivity index (χ1) is 19.3. The smallest absolute Gasteiger partial charge is 0.435 e. The van der Waals surface area contributed by atoms with E-state index in [4.69, 9.17) is 9.47 Å². The van der Waals surface area contributed by atoms with Gasteiger partial charge in [0.25, 0.3) is 0 Å². The Morgan fingerprint density at radius 1 is 0.829 bits per heavy atom. The normalized spacial score (nSPS) is 14.9. The number of alkyl carbamates (subject to hydrolysis) is 1. The Labute approximate surface area is 244 Å². The van der Waals surface area contributed by atoms with Crippen molar-refractivity contribution in [3.05, 3.63) is 71.3 Å². The topological polar surface area (TPSA) is 97.3 Å². The molecule has 2 aromatic rings. The van der Waals surface area contributed by atoms with Gasteiger partial charge in [-0.05, 0) is 89.8 Å². The van der Waals surface area contributed by atoms with E-state index in [-0.39, 0.29) is 18.2 Å². The van der Waals surface area contributed by atoms with Gasteiger partial charge in [-0.1, -0.05) is 54.6 Å². The first-order valence-corrected chi connectivity index (χ1v) is 14.5. The average Bonchev–Trinajstić information content (AvgIpc) is 2.87. The summed E-state index contributed by atoms with van der Waals surface area (Å²) in [5.74, 6) is 0.954. The van der Waals surface area contributed by atoms with Crippen molar-refractivity contribution in [2.24, 2.45) is 10.9 Å². The number of nitrogens with zero attached hydrogens (tertiary/aromatic N) is 2. The monoisotopic (exact) mass is 563 g/mol. The fraction of sp³-hybridized carbons (Fsp3) is 0.515. The molecule has 0 bridgehead atoms. The van der Waals surface area contributed by atoms with Gasteiger partial charge >= 0.3 is 12.2 Å². The van der Waals surface area contributed by atoms with Crippen LogP contribution in [-0.4, -0.2) is 53.1 Å². The maximum Gasteiger partial charge on any atom is 0.435 e. The third kappa shape index (κ3) is 12.2. The summed E-state index contributed by atoms with van der Waals surface area (Å²) >= 11 is 0. The number of carbonyl (C=O) groups excluding carboxylic acids is 3. The quantitative estimate of drug-likeness (QED) is 0.306. The molecule has 0 saturated carbocycles. The zero-order valence-corrected chi connectivity index (χ0v) is 25.4. The molecule has 2 aromatic carbocycles. The van der Waals surface area contributed by atoms with E-state index in [1.54, 1.807) is 41.5 Å². The zero-order valence-electron chi connectivity index (χ0n) is 25.4. The summed E-state index contributed by atoms with van der Waals surface area (Å²) in [7, 11) is 0. The van der Waals surface area contributed by atoms with E-state index < -0.39 is 23.4 Å². The predicted molar refractivity (Wildman–Crippen MR) is 161 cm³/mol. The molecule has 0 aliphatic carbocycles. The van der Waals surface area contributed by atoms with E-state index in [9.17, 15) is 14.4 Å². The number of piperidine rings is 1. The van der Waals surface area contributed by atoms with Crippen LogP contribution < -0.4 is 5.32 Å². The van der Waals surface area contributed by atoms with E-state index >= 15 is 0 Å². The van der Waals surface area contributed by atoms with Crippen molar-refractivity contribution < 1.29 is 23.9 Å². The van der Waals surface area contributed by atoms with Crippen molar-refractivity contribution in [2.75, 3.05) is 13.1 Å². The van der Waals surface area contributed by atoms with Gasteiger partial charge < -0.3 is 14.4 Å². The largest absolute Gasteiger partial charge is 0.444 e. The van der Waals surface area contributed by atoms with Gasteiger partial charge in [-0.15, -0.1) is 0 Å². The number of amidine groups is 1. The highest BCUT2D eigenvalue weighted by Crippen LogP contribution is 2.22. The summed E-state index contributed by atoms with van der Waals surface area (Å²) in [5.41, 5.74) is 1.85. The summed E-state index contributed by atoms with van der Waals surface area (Å²) < 4.78 is 10.6. The van der Waals surface area contributed by atoms with Crippen LogP contribution in [0.15, 0.2) is 59.6 Å². The minimum atomic E-state index is -0.789. The number of carbonyl (C=O) groups is 3. The number of aliphatic imine (C=N–C) groups is 1.